The number of amides is 2. The summed E-state index contributed by atoms with van der Waals surface area (Å²) in [6, 6.07) is 4.90. The van der Waals surface area contributed by atoms with Crippen molar-refractivity contribution in [3.63, 3.8) is 0 Å². The van der Waals surface area contributed by atoms with E-state index in [9.17, 15) is 23.6 Å². The van der Waals surface area contributed by atoms with Gasteiger partial charge in [0.15, 0.2) is 6.10 Å². The number of carbonyl (C=O) groups is 4. The lowest BCUT2D eigenvalue weighted by Gasteiger charge is -2.19. The molecule has 3 atom stereocenters. The molecule has 0 N–H and O–H groups in total. The number of rotatable bonds is 5. The number of hydrogen-bond acceptors (Lipinski definition) is 5. The molecule has 0 bridgehead atoms. The van der Waals surface area contributed by atoms with E-state index in [1.165, 1.54) is 19.1 Å². The molecule has 2 aliphatic rings. The molecule has 1 saturated heterocycles. The number of carbonyl (C=O) groups excluding carboxylic acids is 4. The standard InChI is InChI=1S/C19H20FNO5/c1-11(17(23)12-6-8-13(20)9-7-12)26-16(22)10-21-18(24)14-4-2-3-5-15(14)19(21)25/h6-9,11,14-15H,2-5,10H2,1H3/t11-,14-,15+/m1/s1. The van der Waals surface area contributed by atoms with E-state index >= 15 is 0 Å². The van der Waals surface area contributed by atoms with Gasteiger partial charge >= 0.3 is 5.97 Å². The molecule has 0 aromatic heterocycles. The summed E-state index contributed by atoms with van der Waals surface area (Å²) < 4.78 is 18.0. The number of benzene rings is 1. The quantitative estimate of drug-likeness (QED) is 0.456. The van der Waals surface area contributed by atoms with Gasteiger partial charge in [-0.2, -0.15) is 0 Å². The largest absolute Gasteiger partial charge is 0.453 e. The number of ether oxygens (including phenoxy) is 1. The summed E-state index contributed by atoms with van der Waals surface area (Å²) in [6.07, 6.45) is 2.05. The van der Waals surface area contributed by atoms with Crippen LogP contribution in [0.1, 0.15) is 43.0 Å². The lowest BCUT2D eigenvalue weighted by molar-refractivity contribution is -0.154. The van der Waals surface area contributed by atoms with Crippen molar-refractivity contribution in [2.75, 3.05) is 6.54 Å². The highest BCUT2D eigenvalue weighted by Crippen LogP contribution is 2.37. The predicted octanol–water partition coefficient (Wildman–Crippen LogP) is 2.12. The summed E-state index contributed by atoms with van der Waals surface area (Å²) in [4.78, 5) is 50.0. The van der Waals surface area contributed by atoms with Crippen molar-refractivity contribution >= 4 is 23.6 Å². The van der Waals surface area contributed by atoms with Crippen LogP contribution in [0.3, 0.4) is 0 Å². The van der Waals surface area contributed by atoms with Crippen molar-refractivity contribution in [3.05, 3.63) is 35.6 Å². The first kappa shape index (κ1) is 18.2. The van der Waals surface area contributed by atoms with Crippen molar-refractivity contribution in [1.82, 2.24) is 4.90 Å². The molecule has 7 heteroatoms. The summed E-state index contributed by atoms with van der Waals surface area (Å²) in [5, 5.41) is 0. The van der Waals surface area contributed by atoms with E-state index in [1.807, 2.05) is 0 Å². The molecule has 1 aromatic carbocycles. The maximum absolute atomic E-state index is 12.9. The second-order valence-corrected chi connectivity index (χ2v) is 6.76. The van der Waals surface area contributed by atoms with Crippen LogP contribution in [-0.2, 0) is 19.1 Å². The molecular weight excluding hydrogens is 341 g/mol. The molecule has 3 rings (SSSR count). The molecule has 1 heterocycles. The van der Waals surface area contributed by atoms with Crippen LogP contribution in [0.4, 0.5) is 4.39 Å². The van der Waals surface area contributed by atoms with Crippen LogP contribution in [0.15, 0.2) is 24.3 Å². The average molecular weight is 361 g/mol. The number of esters is 1. The van der Waals surface area contributed by atoms with E-state index in [4.69, 9.17) is 4.74 Å². The number of halogens is 1. The van der Waals surface area contributed by atoms with E-state index in [1.54, 1.807) is 0 Å². The Kier molecular flexibility index (Phi) is 5.15. The number of ketones is 1. The minimum Gasteiger partial charge on any atom is -0.453 e. The number of hydrogen-bond donors (Lipinski definition) is 0. The zero-order valence-corrected chi connectivity index (χ0v) is 14.4. The van der Waals surface area contributed by atoms with Gasteiger partial charge in [-0.3, -0.25) is 24.1 Å². The van der Waals surface area contributed by atoms with E-state index in [-0.39, 0.29) is 29.2 Å². The second-order valence-electron chi connectivity index (χ2n) is 6.76. The van der Waals surface area contributed by atoms with Crippen LogP contribution in [-0.4, -0.2) is 41.1 Å². The molecule has 1 aromatic rings. The van der Waals surface area contributed by atoms with Crippen molar-refractivity contribution in [2.24, 2.45) is 11.8 Å². The maximum atomic E-state index is 12.9. The van der Waals surface area contributed by atoms with Gasteiger partial charge in [0.05, 0.1) is 11.8 Å². The zero-order chi connectivity index (χ0) is 18.8. The summed E-state index contributed by atoms with van der Waals surface area (Å²) in [5.41, 5.74) is 0.214. The van der Waals surface area contributed by atoms with E-state index in [0.717, 1.165) is 29.9 Å². The fraction of sp³-hybridized carbons (Fsp3) is 0.474. The van der Waals surface area contributed by atoms with Crippen LogP contribution >= 0.6 is 0 Å². The fourth-order valence-corrected chi connectivity index (χ4v) is 3.65. The van der Waals surface area contributed by atoms with Crippen LogP contribution < -0.4 is 0 Å². The molecule has 0 radical (unpaired) electrons. The van der Waals surface area contributed by atoms with Crippen LogP contribution in [0.5, 0.6) is 0 Å². The molecule has 138 valence electrons. The highest BCUT2D eigenvalue weighted by Gasteiger charge is 2.48. The third-order valence-corrected chi connectivity index (χ3v) is 5.03. The first-order valence-electron chi connectivity index (χ1n) is 8.73. The Hall–Kier alpha value is -2.57. The molecule has 26 heavy (non-hydrogen) atoms. The smallest absolute Gasteiger partial charge is 0.326 e. The van der Waals surface area contributed by atoms with Gasteiger partial charge in [-0.05, 0) is 44.0 Å². The van der Waals surface area contributed by atoms with Crippen LogP contribution in [0.2, 0.25) is 0 Å². The van der Waals surface area contributed by atoms with E-state index in [2.05, 4.69) is 0 Å². The summed E-state index contributed by atoms with van der Waals surface area (Å²) in [6.45, 7) is 0.919. The molecule has 1 aliphatic carbocycles. The normalized spacial score (nSPS) is 23.5. The maximum Gasteiger partial charge on any atom is 0.326 e. The van der Waals surface area contributed by atoms with Crippen LogP contribution in [0, 0.1) is 17.7 Å². The summed E-state index contributed by atoms with van der Waals surface area (Å²) in [7, 11) is 0. The van der Waals surface area contributed by atoms with Gasteiger partial charge in [0, 0.05) is 5.56 Å². The van der Waals surface area contributed by atoms with Gasteiger partial charge in [-0.25, -0.2) is 4.39 Å². The molecule has 0 spiro atoms. The lowest BCUT2D eigenvalue weighted by atomic mass is 9.81. The topological polar surface area (TPSA) is 80.8 Å². The Bertz CT molecular complexity index is 721. The second kappa shape index (κ2) is 7.35. The molecular formula is C19H20FNO5. The number of fused-ring (bicyclic) bond motifs is 1. The molecule has 6 nitrogen and oxygen atoms in total. The number of Topliss-reactive ketones (excluding diaryl/α,β-unsaturated/α-hetero) is 1. The first-order chi connectivity index (χ1) is 12.4. The number of nitrogens with zero attached hydrogens (tertiary/aromatic N) is 1. The van der Waals surface area contributed by atoms with Crippen molar-refractivity contribution in [2.45, 2.75) is 38.7 Å². The van der Waals surface area contributed by atoms with Crippen LogP contribution in [0.25, 0.3) is 0 Å². The zero-order valence-electron chi connectivity index (χ0n) is 14.4. The number of imide groups is 1. The Morgan fingerprint density at radius 3 is 2.19 bits per heavy atom. The third kappa shape index (κ3) is 3.52. The van der Waals surface area contributed by atoms with Crippen molar-refractivity contribution in [3.8, 4) is 0 Å². The van der Waals surface area contributed by atoms with Gasteiger partial charge < -0.3 is 4.74 Å². The SMILES string of the molecule is C[C@@H](OC(=O)CN1C(=O)[C@H]2CCCC[C@H]2C1=O)C(=O)c1ccc(F)cc1. The summed E-state index contributed by atoms with van der Waals surface area (Å²) in [5.74, 6) is -3.08. The monoisotopic (exact) mass is 361 g/mol. The van der Waals surface area contributed by atoms with E-state index < -0.39 is 30.2 Å². The van der Waals surface area contributed by atoms with Gasteiger partial charge in [-0.1, -0.05) is 12.8 Å². The van der Waals surface area contributed by atoms with E-state index in [0.29, 0.717) is 12.8 Å². The van der Waals surface area contributed by atoms with Gasteiger partial charge in [0.25, 0.3) is 0 Å². The molecule has 1 saturated carbocycles. The first-order valence-corrected chi connectivity index (χ1v) is 8.73. The minimum absolute atomic E-state index is 0.214. The molecule has 2 amide bonds. The Morgan fingerprint density at radius 2 is 1.65 bits per heavy atom. The Morgan fingerprint density at radius 1 is 1.12 bits per heavy atom. The Balaban J connectivity index is 1.59. The van der Waals surface area contributed by atoms with Crippen molar-refractivity contribution < 1.29 is 28.3 Å². The number of likely N-dealkylation sites (tertiary alicyclic amines) is 1. The van der Waals surface area contributed by atoms with Crippen molar-refractivity contribution in [1.29, 1.82) is 0 Å². The average Bonchev–Trinajstić information content (AvgIpc) is 2.87. The minimum atomic E-state index is -1.09. The van der Waals surface area contributed by atoms with Gasteiger partial charge in [0.1, 0.15) is 12.4 Å². The Labute approximate surface area is 150 Å². The predicted molar refractivity (Wildman–Crippen MR) is 88.5 cm³/mol. The highest BCUT2D eigenvalue weighted by atomic mass is 19.1. The molecule has 2 fully saturated rings. The highest BCUT2D eigenvalue weighted by molar-refractivity contribution is 6.07. The molecule has 1 aliphatic heterocycles. The molecule has 0 unspecified atom stereocenters. The van der Waals surface area contributed by atoms with Gasteiger partial charge in [-0.15, -0.1) is 0 Å². The lowest BCUT2D eigenvalue weighted by Crippen LogP contribution is -2.38. The summed E-state index contributed by atoms with van der Waals surface area (Å²) >= 11 is 0. The fourth-order valence-electron chi connectivity index (χ4n) is 3.65. The van der Waals surface area contributed by atoms with Gasteiger partial charge in [0.2, 0.25) is 17.6 Å². The third-order valence-electron chi connectivity index (χ3n) is 5.03.